The smallest absolute Gasteiger partial charge is 0.0417 e. The van der Waals surface area contributed by atoms with Crippen LogP contribution in [0.5, 0.6) is 0 Å². The predicted octanol–water partition coefficient (Wildman–Crippen LogP) is 3.30. The maximum absolute atomic E-state index is 3.68. The second-order valence-electron chi connectivity index (χ2n) is 4.37. The number of thiophene rings is 1. The SMILES string of the molecule is CCCCC1(C)NCCc2sccc21. The zero-order chi connectivity index (χ0) is 10.0. The highest BCUT2D eigenvalue weighted by atomic mass is 32.1. The summed E-state index contributed by atoms with van der Waals surface area (Å²) >= 11 is 1.92. The minimum Gasteiger partial charge on any atom is -0.307 e. The monoisotopic (exact) mass is 209 g/mol. The van der Waals surface area contributed by atoms with Gasteiger partial charge in [0.25, 0.3) is 0 Å². The van der Waals surface area contributed by atoms with E-state index in [0.717, 1.165) is 6.54 Å². The summed E-state index contributed by atoms with van der Waals surface area (Å²) in [7, 11) is 0. The molecule has 0 spiro atoms. The fraction of sp³-hybridized carbons (Fsp3) is 0.667. The van der Waals surface area contributed by atoms with Crippen molar-refractivity contribution in [1.82, 2.24) is 5.32 Å². The van der Waals surface area contributed by atoms with Gasteiger partial charge in [-0.1, -0.05) is 19.8 Å². The highest BCUT2D eigenvalue weighted by Crippen LogP contribution is 2.35. The van der Waals surface area contributed by atoms with Crippen molar-refractivity contribution in [3.63, 3.8) is 0 Å². The van der Waals surface area contributed by atoms with Crippen LogP contribution in [-0.2, 0) is 12.0 Å². The van der Waals surface area contributed by atoms with E-state index in [2.05, 4.69) is 30.6 Å². The Kier molecular flexibility index (Phi) is 2.93. The van der Waals surface area contributed by atoms with Crippen molar-refractivity contribution in [2.75, 3.05) is 6.54 Å². The lowest BCUT2D eigenvalue weighted by atomic mass is 9.84. The maximum Gasteiger partial charge on any atom is 0.0417 e. The Labute approximate surface area is 90.5 Å². The summed E-state index contributed by atoms with van der Waals surface area (Å²) in [5.41, 5.74) is 1.81. The molecule has 0 fully saturated rings. The summed E-state index contributed by atoms with van der Waals surface area (Å²) in [6, 6.07) is 2.31. The lowest BCUT2D eigenvalue weighted by molar-refractivity contribution is 0.316. The van der Waals surface area contributed by atoms with E-state index >= 15 is 0 Å². The van der Waals surface area contributed by atoms with E-state index in [0.29, 0.717) is 0 Å². The third-order valence-electron chi connectivity index (χ3n) is 3.24. The van der Waals surface area contributed by atoms with Gasteiger partial charge in [-0.2, -0.15) is 0 Å². The van der Waals surface area contributed by atoms with Crippen LogP contribution in [0.2, 0.25) is 0 Å². The number of unbranched alkanes of at least 4 members (excludes halogenated alkanes) is 1. The van der Waals surface area contributed by atoms with Crippen molar-refractivity contribution in [2.45, 2.75) is 45.1 Å². The molecule has 0 amide bonds. The zero-order valence-electron chi connectivity index (χ0n) is 9.10. The van der Waals surface area contributed by atoms with Crippen LogP contribution >= 0.6 is 11.3 Å². The molecule has 2 rings (SSSR count). The van der Waals surface area contributed by atoms with Crippen LogP contribution in [0.25, 0.3) is 0 Å². The minimum atomic E-state index is 0.254. The van der Waals surface area contributed by atoms with Crippen molar-refractivity contribution in [3.8, 4) is 0 Å². The van der Waals surface area contributed by atoms with Gasteiger partial charge in [0.2, 0.25) is 0 Å². The zero-order valence-corrected chi connectivity index (χ0v) is 9.91. The van der Waals surface area contributed by atoms with Gasteiger partial charge in [0, 0.05) is 17.0 Å². The molecule has 2 heterocycles. The molecule has 1 aliphatic heterocycles. The molecule has 0 aromatic carbocycles. The fourth-order valence-electron chi connectivity index (χ4n) is 2.33. The first-order chi connectivity index (χ1) is 6.76. The first-order valence-electron chi connectivity index (χ1n) is 5.58. The molecule has 1 aliphatic rings. The number of nitrogens with one attached hydrogen (secondary N) is 1. The van der Waals surface area contributed by atoms with Gasteiger partial charge in [0.1, 0.15) is 0 Å². The van der Waals surface area contributed by atoms with Crippen molar-refractivity contribution >= 4 is 11.3 Å². The molecule has 1 N–H and O–H groups in total. The van der Waals surface area contributed by atoms with E-state index in [1.807, 2.05) is 11.3 Å². The van der Waals surface area contributed by atoms with Crippen LogP contribution < -0.4 is 5.32 Å². The highest BCUT2D eigenvalue weighted by molar-refractivity contribution is 7.10. The van der Waals surface area contributed by atoms with E-state index in [9.17, 15) is 0 Å². The topological polar surface area (TPSA) is 12.0 Å². The molecule has 1 unspecified atom stereocenters. The van der Waals surface area contributed by atoms with Crippen LogP contribution in [0.1, 0.15) is 43.6 Å². The first-order valence-corrected chi connectivity index (χ1v) is 6.46. The van der Waals surface area contributed by atoms with Crippen LogP contribution in [0, 0.1) is 0 Å². The Morgan fingerprint density at radius 1 is 1.57 bits per heavy atom. The summed E-state index contributed by atoms with van der Waals surface area (Å²) in [4.78, 5) is 1.60. The van der Waals surface area contributed by atoms with Gasteiger partial charge >= 0.3 is 0 Å². The third kappa shape index (κ3) is 1.73. The Hall–Kier alpha value is -0.340. The second kappa shape index (κ2) is 4.03. The van der Waals surface area contributed by atoms with Crippen molar-refractivity contribution in [3.05, 3.63) is 21.9 Å². The van der Waals surface area contributed by atoms with Crippen LogP contribution in [0.3, 0.4) is 0 Å². The van der Waals surface area contributed by atoms with Crippen LogP contribution in [-0.4, -0.2) is 6.54 Å². The Bertz CT molecular complexity index is 305. The average molecular weight is 209 g/mol. The standard InChI is InChI=1S/C12H19NS/c1-3-4-7-12(2)10-6-9-14-11(10)5-8-13-12/h6,9,13H,3-5,7-8H2,1-2H3. The molecule has 14 heavy (non-hydrogen) atoms. The first kappa shape index (κ1) is 10.2. The summed E-state index contributed by atoms with van der Waals surface area (Å²) in [6.45, 7) is 5.77. The van der Waals surface area contributed by atoms with E-state index in [1.54, 1.807) is 10.4 Å². The molecule has 0 bridgehead atoms. The van der Waals surface area contributed by atoms with E-state index in [1.165, 1.54) is 25.7 Å². The van der Waals surface area contributed by atoms with Gasteiger partial charge < -0.3 is 5.32 Å². The van der Waals surface area contributed by atoms with Crippen LogP contribution in [0.4, 0.5) is 0 Å². The molecule has 2 heteroatoms. The molecule has 1 aromatic rings. The van der Waals surface area contributed by atoms with Crippen LogP contribution in [0.15, 0.2) is 11.4 Å². The average Bonchev–Trinajstić information content (AvgIpc) is 2.65. The maximum atomic E-state index is 3.68. The number of rotatable bonds is 3. The fourth-order valence-corrected chi connectivity index (χ4v) is 3.33. The van der Waals surface area contributed by atoms with Gasteiger partial charge in [-0.05, 0) is 36.8 Å². The minimum absolute atomic E-state index is 0.254. The molecule has 0 radical (unpaired) electrons. The Morgan fingerprint density at radius 2 is 2.43 bits per heavy atom. The van der Waals surface area contributed by atoms with Crippen molar-refractivity contribution < 1.29 is 0 Å². The molecule has 1 aromatic heterocycles. The predicted molar refractivity (Wildman–Crippen MR) is 62.9 cm³/mol. The van der Waals surface area contributed by atoms with Gasteiger partial charge in [-0.25, -0.2) is 0 Å². The number of hydrogen-bond acceptors (Lipinski definition) is 2. The summed E-state index contributed by atoms with van der Waals surface area (Å²) in [6.07, 6.45) is 5.09. The van der Waals surface area contributed by atoms with E-state index < -0.39 is 0 Å². The summed E-state index contributed by atoms with van der Waals surface area (Å²) in [5, 5.41) is 5.92. The Balaban J connectivity index is 2.21. The lowest BCUT2D eigenvalue weighted by Gasteiger charge is -2.35. The summed E-state index contributed by atoms with van der Waals surface area (Å²) < 4.78 is 0. The molecule has 1 nitrogen and oxygen atoms in total. The van der Waals surface area contributed by atoms with Gasteiger partial charge in [-0.15, -0.1) is 11.3 Å². The second-order valence-corrected chi connectivity index (χ2v) is 5.37. The van der Waals surface area contributed by atoms with Gasteiger partial charge in [-0.3, -0.25) is 0 Å². The highest BCUT2D eigenvalue weighted by Gasteiger charge is 2.31. The van der Waals surface area contributed by atoms with Crippen molar-refractivity contribution in [1.29, 1.82) is 0 Å². The Morgan fingerprint density at radius 3 is 3.21 bits per heavy atom. The molecule has 1 atom stereocenters. The number of fused-ring (bicyclic) bond motifs is 1. The quantitative estimate of drug-likeness (QED) is 0.805. The molecule has 0 saturated heterocycles. The third-order valence-corrected chi connectivity index (χ3v) is 4.22. The van der Waals surface area contributed by atoms with Gasteiger partial charge in [0.15, 0.2) is 0 Å². The molecular weight excluding hydrogens is 190 g/mol. The summed E-state index contributed by atoms with van der Waals surface area (Å²) in [5.74, 6) is 0. The van der Waals surface area contributed by atoms with E-state index in [4.69, 9.17) is 0 Å². The molecule has 78 valence electrons. The van der Waals surface area contributed by atoms with Crippen molar-refractivity contribution in [2.24, 2.45) is 0 Å². The van der Waals surface area contributed by atoms with Gasteiger partial charge in [0.05, 0.1) is 0 Å². The lowest BCUT2D eigenvalue weighted by Crippen LogP contribution is -2.44. The normalized spacial score (nSPS) is 26.1. The molecule has 0 saturated carbocycles. The van der Waals surface area contributed by atoms with E-state index in [-0.39, 0.29) is 5.54 Å². The molecule has 0 aliphatic carbocycles. The number of hydrogen-bond donors (Lipinski definition) is 1. The molecular formula is C12H19NS. The largest absolute Gasteiger partial charge is 0.307 e.